The van der Waals surface area contributed by atoms with Crippen molar-refractivity contribution in [3.63, 3.8) is 0 Å². The minimum Gasteiger partial charge on any atom is -0.346 e. The Bertz CT molecular complexity index is 1080. The summed E-state index contributed by atoms with van der Waals surface area (Å²) in [6.07, 6.45) is 1.47. The molecule has 0 aliphatic carbocycles. The highest BCUT2D eigenvalue weighted by molar-refractivity contribution is 5.90. The molecule has 6 nitrogen and oxygen atoms in total. The summed E-state index contributed by atoms with van der Waals surface area (Å²) >= 11 is 0. The number of anilines is 2. The van der Waals surface area contributed by atoms with Crippen molar-refractivity contribution < 1.29 is 13.2 Å². The lowest BCUT2D eigenvalue weighted by molar-refractivity contribution is 0.146. The third kappa shape index (κ3) is 2.94. The predicted molar refractivity (Wildman–Crippen MR) is 89.6 cm³/mol. The first-order valence-electron chi connectivity index (χ1n) is 7.59. The molecule has 0 amide bonds. The Kier molecular flexibility index (Phi) is 3.96. The largest absolute Gasteiger partial charge is 0.346 e. The Hall–Kier alpha value is -3.49. The molecule has 0 spiro atoms. The lowest BCUT2D eigenvalue weighted by Crippen LogP contribution is -2.02. The van der Waals surface area contributed by atoms with Gasteiger partial charge in [-0.05, 0) is 24.3 Å². The number of aromatic nitrogens is 5. The van der Waals surface area contributed by atoms with Crippen LogP contribution in [0.4, 0.5) is 24.7 Å². The minimum absolute atomic E-state index is 0.138. The van der Waals surface area contributed by atoms with Crippen molar-refractivity contribution in [2.75, 3.05) is 5.32 Å². The van der Waals surface area contributed by atoms with Crippen molar-refractivity contribution >= 4 is 22.5 Å². The second-order valence-electron chi connectivity index (χ2n) is 5.36. The first-order valence-corrected chi connectivity index (χ1v) is 7.59. The normalized spacial score (nSPS) is 11.2. The molecule has 0 aromatic carbocycles. The molecule has 0 aliphatic rings. The Morgan fingerprint density at radius 1 is 1.04 bits per heavy atom. The number of aromatic amines is 1. The molecule has 0 fully saturated rings. The van der Waals surface area contributed by atoms with Gasteiger partial charge in [-0.15, -0.1) is 0 Å². The number of pyridine rings is 2. The lowest BCUT2D eigenvalue weighted by atomic mass is 10.2. The summed E-state index contributed by atoms with van der Waals surface area (Å²) in [7, 11) is 0. The number of hydrogen-bond donors (Lipinski definition) is 2. The topological polar surface area (TPSA) is 79.4 Å². The summed E-state index contributed by atoms with van der Waals surface area (Å²) in [5.41, 5.74) is 0.475. The molecule has 26 heavy (non-hydrogen) atoms. The quantitative estimate of drug-likeness (QED) is 0.572. The molecular weight excluding hydrogens is 345 g/mol. The van der Waals surface area contributed by atoms with E-state index in [2.05, 4.69) is 30.2 Å². The zero-order valence-corrected chi connectivity index (χ0v) is 13.1. The van der Waals surface area contributed by atoms with Gasteiger partial charge in [0, 0.05) is 12.4 Å². The van der Waals surface area contributed by atoms with E-state index in [1.807, 2.05) is 0 Å². The van der Waals surface area contributed by atoms with E-state index in [1.165, 1.54) is 30.5 Å². The van der Waals surface area contributed by atoms with Crippen molar-refractivity contribution in [1.29, 1.82) is 0 Å². The van der Waals surface area contributed by atoms with Gasteiger partial charge in [-0.2, -0.15) is 0 Å². The number of hydrogen-bond acceptors (Lipinski definition) is 5. The van der Waals surface area contributed by atoms with Gasteiger partial charge in [-0.25, -0.2) is 28.1 Å². The number of nitrogens with zero attached hydrogens (tertiary/aromatic N) is 4. The fourth-order valence-electron chi connectivity index (χ4n) is 2.45. The molecule has 0 bridgehead atoms. The molecule has 4 aromatic heterocycles. The monoisotopic (exact) mass is 356 g/mol. The van der Waals surface area contributed by atoms with Crippen molar-refractivity contribution in [3.8, 4) is 11.5 Å². The average molecular weight is 356 g/mol. The van der Waals surface area contributed by atoms with Gasteiger partial charge in [0.2, 0.25) is 0 Å². The standard InChI is InChI=1S/C17H11F3N6/c18-10-8-21-6-5-11(10)24-16-9-4-7-22-15(9)25-17(26-16)13-3-1-2-12(23-13)14(19)20/h1-8,14H,(H2,21,22,24,25,26). The number of alkyl halides is 2. The zero-order valence-electron chi connectivity index (χ0n) is 13.1. The van der Waals surface area contributed by atoms with E-state index in [0.29, 0.717) is 16.9 Å². The molecule has 4 aromatic rings. The maximum absolute atomic E-state index is 13.9. The highest BCUT2D eigenvalue weighted by Crippen LogP contribution is 2.27. The van der Waals surface area contributed by atoms with Crippen LogP contribution in [0.15, 0.2) is 48.9 Å². The Morgan fingerprint density at radius 3 is 2.73 bits per heavy atom. The van der Waals surface area contributed by atoms with Crippen LogP contribution in [0, 0.1) is 5.82 Å². The highest BCUT2D eigenvalue weighted by Gasteiger charge is 2.15. The van der Waals surface area contributed by atoms with Gasteiger partial charge >= 0.3 is 0 Å². The number of fused-ring (bicyclic) bond motifs is 1. The first kappa shape index (κ1) is 16.0. The fourth-order valence-corrected chi connectivity index (χ4v) is 2.45. The molecule has 2 N–H and O–H groups in total. The van der Waals surface area contributed by atoms with E-state index >= 15 is 0 Å². The van der Waals surface area contributed by atoms with Gasteiger partial charge < -0.3 is 10.3 Å². The van der Waals surface area contributed by atoms with Crippen LogP contribution in [0.2, 0.25) is 0 Å². The summed E-state index contributed by atoms with van der Waals surface area (Å²) < 4.78 is 39.7. The summed E-state index contributed by atoms with van der Waals surface area (Å²) in [6, 6.07) is 7.41. The van der Waals surface area contributed by atoms with Crippen molar-refractivity contribution in [1.82, 2.24) is 24.9 Å². The predicted octanol–water partition coefficient (Wildman–Crippen LogP) is 4.24. The molecule has 130 valence electrons. The smallest absolute Gasteiger partial charge is 0.280 e. The first-order chi connectivity index (χ1) is 12.6. The van der Waals surface area contributed by atoms with Crippen LogP contribution < -0.4 is 5.32 Å². The summed E-state index contributed by atoms with van der Waals surface area (Å²) in [5, 5.41) is 3.51. The number of halogens is 3. The van der Waals surface area contributed by atoms with Crippen LogP contribution >= 0.6 is 0 Å². The van der Waals surface area contributed by atoms with E-state index in [4.69, 9.17) is 0 Å². The average Bonchev–Trinajstić information content (AvgIpc) is 3.12. The zero-order chi connectivity index (χ0) is 18.1. The molecular formula is C17H11F3N6. The Labute approximate surface area is 145 Å². The van der Waals surface area contributed by atoms with Crippen molar-refractivity contribution in [2.24, 2.45) is 0 Å². The van der Waals surface area contributed by atoms with Crippen LogP contribution in [0.25, 0.3) is 22.6 Å². The van der Waals surface area contributed by atoms with Crippen LogP contribution in [0.1, 0.15) is 12.1 Å². The maximum Gasteiger partial charge on any atom is 0.280 e. The van der Waals surface area contributed by atoms with Gasteiger partial charge in [0.05, 0.1) is 17.3 Å². The Morgan fingerprint density at radius 2 is 1.92 bits per heavy atom. The maximum atomic E-state index is 13.9. The molecule has 9 heteroatoms. The fraction of sp³-hybridized carbons (Fsp3) is 0.0588. The van der Waals surface area contributed by atoms with Gasteiger partial charge in [-0.3, -0.25) is 4.98 Å². The summed E-state index contributed by atoms with van der Waals surface area (Å²) in [6.45, 7) is 0. The van der Waals surface area contributed by atoms with E-state index < -0.39 is 12.2 Å². The van der Waals surface area contributed by atoms with E-state index in [1.54, 1.807) is 12.3 Å². The lowest BCUT2D eigenvalue weighted by Gasteiger charge is -2.10. The molecule has 0 radical (unpaired) electrons. The molecule has 0 saturated heterocycles. The van der Waals surface area contributed by atoms with Gasteiger partial charge in [0.1, 0.15) is 22.9 Å². The van der Waals surface area contributed by atoms with Gasteiger partial charge in [-0.1, -0.05) is 6.07 Å². The molecule has 4 rings (SSSR count). The SMILES string of the molecule is Fc1cnccc1Nc1nc(-c2cccc(C(F)F)n2)nc2[nH]ccc12. The molecule has 0 atom stereocenters. The van der Waals surface area contributed by atoms with E-state index in [0.717, 1.165) is 6.20 Å². The molecule has 4 heterocycles. The third-order valence-electron chi connectivity index (χ3n) is 3.66. The number of H-pyrrole nitrogens is 1. The summed E-state index contributed by atoms with van der Waals surface area (Å²) in [5.74, 6) is -0.0887. The van der Waals surface area contributed by atoms with E-state index in [-0.39, 0.29) is 22.9 Å². The van der Waals surface area contributed by atoms with Crippen LogP contribution in [-0.4, -0.2) is 24.9 Å². The van der Waals surface area contributed by atoms with Gasteiger partial charge in [0.25, 0.3) is 6.43 Å². The van der Waals surface area contributed by atoms with Crippen molar-refractivity contribution in [3.05, 3.63) is 60.4 Å². The Balaban J connectivity index is 1.83. The number of nitrogens with one attached hydrogen (secondary N) is 2. The summed E-state index contributed by atoms with van der Waals surface area (Å²) in [4.78, 5) is 19.2. The van der Waals surface area contributed by atoms with Crippen LogP contribution in [-0.2, 0) is 0 Å². The van der Waals surface area contributed by atoms with E-state index in [9.17, 15) is 13.2 Å². The second-order valence-corrected chi connectivity index (χ2v) is 5.36. The van der Waals surface area contributed by atoms with Gasteiger partial charge in [0.15, 0.2) is 11.6 Å². The second kappa shape index (κ2) is 6.43. The van der Waals surface area contributed by atoms with Crippen LogP contribution in [0.5, 0.6) is 0 Å². The third-order valence-corrected chi connectivity index (χ3v) is 3.66. The minimum atomic E-state index is -2.70. The highest BCUT2D eigenvalue weighted by atomic mass is 19.3. The molecule has 0 saturated carbocycles. The molecule has 0 aliphatic heterocycles. The molecule has 0 unspecified atom stereocenters. The number of rotatable bonds is 4. The van der Waals surface area contributed by atoms with Crippen molar-refractivity contribution in [2.45, 2.75) is 6.43 Å². The van der Waals surface area contributed by atoms with Crippen LogP contribution in [0.3, 0.4) is 0 Å².